The number of nitrogens with zero attached hydrogens (tertiary/aromatic N) is 4. The zero-order chi connectivity index (χ0) is 37.0. The molecule has 2 N–H and O–H groups in total. The zero-order valence-electron chi connectivity index (χ0n) is 29.6. The molecule has 0 saturated carbocycles. The van der Waals surface area contributed by atoms with Crippen molar-refractivity contribution in [3.05, 3.63) is 113 Å². The Hall–Kier alpha value is -2.82. The maximum Gasteiger partial charge on any atom is 0 e. The van der Waals surface area contributed by atoms with Crippen molar-refractivity contribution in [3.8, 4) is 0 Å². The van der Waals surface area contributed by atoms with E-state index >= 15 is 0 Å². The average molecular weight is 958 g/mol. The topological polar surface area (TPSA) is 182 Å². The van der Waals surface area contributed by atoms with E-state index in [1.54, 1.807) is 6.92 Å². The van der Waals surface area contributed by atoms with Gasteiger partial charge in [0.15, 0.2) is 0 Å². The molecule has 285 valence electrons. The van der Waals surface area contributed by atoms with Crippen LogP contribution in [0.2, 0.25) is 0 Å². The van der Waals surface area contributed by atoms with Gasteiger partial charge in [0.1, 0.15) is 12.3 Å². The molecule has 1 fully saturated rings. The van der Waals surface area contributed by atoms with Gasteiger partial charge in [-0.15, -0.1) is 0 Å². The summed E-state index contributed by atoms with van der Waals surface area (Å²) in [5.74, 6) is 0. The van der Waals surface area contributed by atoms with Crippen molar-refractivity contribution in [2.45, 2.75) is 109 Å². The number of aryl methyl sites for hydroxylation is 1. The van der Waals surface area contributed by atoms with Crippen LogP contribution in [-0.4, -0.2) is 61.5 Å². The predicted octanol–water partition coefficient (Wildman–Crippen LogP) is 1.79. The van der Waals surface area contributed by atoms with Crippen LogP contribution in [0.1, 0.15) is 93.8 Å². The molecule has 3 aromatic heterocycles. The Labute approximate surface area is 330 Å². The zero-order valence-corrected chi connectivity index (χ0v) is 33.9. The van der Waals surface area contributed by atoms with Gasteiger partial charge in [0.05, 0.1) is 24.1 Å². The Morgan fingerprint density at radius 1 is 0.865 bits per heavy atom. The molecule has 13 nitrogen and oxygen atoms in total. The van der Waals surface area contributed by atoms with Gasteiger partial charge in [0.2, 0.25) is 0 Å². The summed E-state index contributed by atoms with van der Waals surface area (Å²) < 4.78 is 35.5. The summed E-state index contributed by atoms with van der Waals surface area (Å²) in [6.07, 6.45) is 15.8. The third kappa shape index (κ3) is 20.4. The summed E-state index contributed by atoms with van der Waals surface area (Å²) in [5, 5.41) is 10.4. The molecule has 3 atom stereocenters. The Morgan fingerprint density at radius 2 is 1.37 bits per heavy atom. The minimum atomic E-state index is -0.712. The number of aliphatic hydroxyl groups excluding tert-OH is 1. The molecule has 1 aliphatic rings. The molecule has 0 spiro atoms. The second kappa shape index (κ2) is 32.8. The van der Waals surface area contributed by atoms with Crippen molar-refractivity contribution in [1.29, 1.82) is 0 Å². The molecule has 3 aromatic rings. The van der Waals surface area contributed by atoms with Gasteiger partial charge in [0, 0.05) is 70.7 Å². The first-order chi connectivity index (χ1) is 24.5. The van der Waals surface area contributed by atoms with Gasteiger partial charge in [-0.05, 0) is 50.6 Å². The van der Waals surface area contributed by atoms with Crippen LogP contribution in [-0.2, 0) is 56.9 Å². The summed E-state index contributed by atoms with van der Waals surface area (Å²) in [5.41, 5.74) is 1.69. The number of aliphatic hydroxyl groups is 1. The van der Waals surface area contributed by atoms with Crippen molar-refractivity contribution in [2.75, 3.05) is 19.8 Å². The predicted molar refractivity (Wildman–Crippen MR) is 182 cm³/mol. The summed E-state index contributed by atoms with van der Waals surface area (Å²) in [4.78, 5) is 37.5. The number of hydrogen-bond donors (Lipinski definition) is 2. The molecule has 0 unspecified atom stereocenters. The normalized spacial score (nSPS) is 15.6. The fraction of sp³-hybridized carbons (Fsp3) is 0.541. The molecule has 15 heteroatoms. The molecule has 1 radical (unpaired) electrons. The third-order valence-corrected chi connectivity index (χ3v) is 8.18. The van der Waals surface area contributed by atoms with Crippen molar-refractivity contribution >= 4 is 0 Å². The van der Waals surface area contributed by atoms with E-state index in [1.807, 2.05) is 36.7 Å². The largest absolute Gasteiger partial charge is 0 e. The Bertz CT molecular complexity index is 1430. The summed E-state index contributed by atoms with van der Waals surface area (Å²) in [7, 11) is 0. The van der Waals surface area contributed by atoms with Crippen LogP contribution in [0, 0.1) is 26.9 Å². The van der Waals surface area contributed by atoms with Crippen LogP contribution < -0.4 is 28.2 Å². The molecule has 1 aliphatic heterocycles. The number of nitrogens with one attached hydrogen (secondary N) is 1. The number of ether oxygens (including phenoxy) is 2. The van der Waals surface area contributed by atoms with E-state index in [2.05, 4.69) is 51.9 Å². The van der Waals surface area contributed by atoms with E-state index in [0.29, 0.717) is 18.8 Å². The molecular weight excluding hydrogens is 909 g/mol. The first kappa shape index (κ1) is 51.3. The van der Waals surface area contributed by atoms with Crippen LogP contribution >= 0.6 is 0 Å². The number of hydrogen-bond acceptors (Lipinski definition) is 8. The second-order valence-electron chi connectivity index (χ2n) is 11.9. The van der Waals surface area contributed by atoms with Crippen LogP contribution in [0.3, 0.4) is 0 Å². The number of pyridine rings is 2. The van der Waals surface area contributed by atoms with Crippen molar-refractivity contribution in [2.24, 2.45) is 0 Å². The maximum atomic E-state index is 12.1. The molecule has 0 aliphatic carbocycles. The minimum absolute atomic E-state index is 0. The van der Waals surface area contributed by atoms with Gasteiger partial charge in [-0.1, -0.05) is 63.5 Å². The Balaban J connectivity index is 0. The van der Waals surface area contributed by atoms with Gasteiger partial charge < -0.3 is 31.6 Å². The Kier molecular flexibility index (Phi) is 32.4. The molecule has 0 bridgehead atoms. The number of aromatic amines is 1. The molecular formula is C37H49BrN5O8Re-. The van der Waals surface area contributed by atoms with E-state index in [4.69, 9.17) is 23.4 Å². The number of halogens is 1. The van der Waals surface area contributed by atoms with E-state index in [1.165, 1.54) is 62.1 Å². The maximum absolute atomic E-state index is 12.1. The average Bonchev–Trinajstić information content (AvgIpc) is 3.52. The number of H-pyrrole nitrogens is 1. The first-order valence-electron chi connectivity index (χ1n) is 16.9. The summed E-state index contributed by atoms with van der Waals surface area (Å²) in [6, 6.07) is 12.2. The van der Waals surface area contributed by atoms with Gasteiger partial charge in [-0.2, -0.15) is 0 Å². The molecule has 0 aromatic carbocycles. The SMILES string of the molecule is Cc1cn([C@H]2C[C@H](O)[C@@H](COCCCCCCCCCCCCN(Cc3ccccn3)Cc3ccccn3)O2)c(=O)[nH]c1=O.[Br-].[C-]#[O+].[C-]#[O+].[C-]#[O+].[Re]. The molecule has 52 heavy (non-hydrogen) atoms. The molecule has 0 amide bonds. The van der Waals surface area contributed by atoms with Gasteiger partial charge >= 0.3 is 39.6 Å². The number of rotatable bonds is 20. The second-order valence-corrected chi connectivity index (χ2v) is 11.9. The van der Waals surface area contributed by atoms with E-state index < -0.39 is 29.7 Å². The number of aromatic nitrogens is 4. The summed E-state index contributed by atoms with van der Waals surface area (Å²) in [6.45, 7) is 18.8. The van der Waals surface area contributed by atoms with E-state index in [0.717, 1.165) is 43.9 Å². The summed E-state index contributed by atoms with van der Waals surface area (Å²) >= 11 is 0. The fourth-order valence-corrected chi connectivity index (χ4v) is 5.64. The van der Waals surface area contributed by atoms with Gasteiger partial charge in [-0.25, -0.2) is 4.79 Å². The monoisotopic (exact) mass is 957 g/mol. The van der Waals surface area contributed by atoms with Crippen LogP contribution in [0.5, 0.6) is 0 Å². The van der Waals surface area contributed by atoms with Crippen LogP contribution in [0.15, 0.2) is 64.6 Å². The molecule has 4 rings (SSSR count). The van der Waals surface area contributed by atoms with Gasteiger partial charge in [-0.3, -0.25) is 29.2 Å². The first-order valence-corrected chi connectivity index (χ1v) is 16.9. The standard InChI is InChI=1S/C34H49N5O5.3CO.BrH.Re/c1-27-23-39(34(42)37-33(27)41)32-22-30(40)31(44-32)26-43-21-15-9-7-5-3-2-4-6-8-14-20-38(24-28-16-10-12-18-35-28)25-29-17-11-13-19-36-29;3*1-2;;/h10-13,16-19,23,30-32,40H,2-9,14-15,20-22,24-26H2,1H3,(H,37,41,42);;;;1H;/p-1/t30-,31+,32+;;;;;/m0...../s1. The fourth-order valence-electron chi connectivity index (χ4n) is 5.64. The van der Waals surface area contributed by atoms with E-state index in [-0.39, 0.29) is 43.8 Å². The smallest absolute Gasteiger partial charge is 0 e. The van der Waals surface area contributed by atoms with Crippen LogP contribution in [0.25, 0.3) is 0 Å². The van der Waals surface area contributed by atoms with E-state index in [9.17, 15) is 14.7 Å². The van der Waals surface area contributed by atoms with Crippen molar-refractivity contribution in [1.82, 2.24) is 24.4 Å². The number of unbranched alkanes of at least 4 members (excludes halogenated alkanes) is 9. The van der Waals surface area contributed by atoms with Crippen molar-refractivity contribution < 1.29 is 65.9 Å². The third-order valence-electron chi connectivity index (χ3n) is 8.18. The molecule has 1 saturated heterocycles. The quantitative estimate of drug-likeness (QED) is 0.0978. The molecule has 4 heterocycles. The Morgan fingerprint density at radius 3 is 1.87 bits per heavy atom. The van der Waals surface area contributed by atoms with Gasteiger partial charge in [0.25, 0.3) is 5.56 Å². The minimum Gasteiger partial charge on any atom is 0 e. The van der Waals surface area contributed by atoms with Crippen LogP contribution in [0.4, 0.5) is 0 Å². The van der Waals surface area contributed by atoms with Crippen molar-refractivity contribution in [3.63, 3.8) is 0 Å².